The van der Waals surface area contributed by atoms with Gasteiger partial charge in [0.15, 0.2) is 0 Å². The molecule has 2 aliphatic rings. The van der Waals surface area contributed by atoms with Crippen LogP contribution in [0.25, 0.3) is 6.20 Å². The first kappa shape index (κ1) is 12.4. The Hall–Kier alpha value is -1.66. The molecule has 6 nitrogen and oxygen atoms in total. The third kappa shape index (κ3) is 2.54. The normalized spacial score (nSPS) is 24.8. The molecule has 1 atom stereocenters. The predicted octanol–water partition coefficient (Wildman–Crippen LogP) is -0.400. The Kier molecular flexibility index (Phi) is 3.35. The molecule has 2 saturated heterocycles. The molecule has 0 aliphatic carbocycles. The van der Waals surface area contributed by atoms with Crippen molar-refractivity contribution in [1.82, 2.24) is 24.9 Å². The van der Waals surface area contributed by atoms with Crippen LogP contribution in [0.3, 0.4) is 0 Å². The first-order valence-corrected chi connectivity index (χ1v) is 6.66. The van der Waals surface area contributed by atoms with Crippen molar-refractivity contribution in [3.05, 3.63) is 24.5 Å². The molecule has 19 heavy (non-hydrogen) atoms. The van der Waals surface area contributed by atoms with Gasteiger partial charge in [0.25, 0.3) is 0 Å². The van der Waals surface area contributed by atoms with E-state index in [1.54, 1.807) is 10.9 Å². The highest BCUT2D eigenvalue weighted by Crippen LogP contribution is 2.14. The van der Waals surface area contributed by atoms with Gasteiger partial charge >= 0.3 is 0 Å². The third-order valence-corrected chi connectivity index (χ3v) is 3.82. The van der Waals surface area contributed by atoms with Crippen LogP contribution in [-0.2, 0) is 11.3 Å². The van der Waals surface area contributed by atoms with Crippen LogP contribution in [-0.4, -0.2) is 64.3 Å². The van der Waals surface area contributed by atoms with Crippen molar-refractivity contribution < 1.29 is 4.79 Å². The van der Waals surface area contributed by atoms with E-state index in [1.165, 1.54) is 0 Å². The number of aromatic nitrogens is 2. The molecule has 2 aliphatic heterocycles. The highest BCUT2D eigenvalue weighted by molar-refractivity contribution is 5.82. The van der Waals surface area contributed by atoms with Gasteiger partial charge in [-0.25, -0.2) is 4.68 Å². The lowest BCUT2D eigenvalue weighted by molar-refractivity contribution is -0.131. The highest BCUT2D eigenvalue weighted by atomic mass is 16.2. The summed E-state index contributed by atoms with van der Waals surface area (Å²) >= 11 is 0. The van der Waals surface area contributed by atoms with E-state index in [1.807, 2.05) is 12.4 Å². The lowest BCUT2D eigenvalue weighted by atomic mass is 10.1. The summed E-state index contributed by atoms with van der Waals surface area (Å²) in [6.07, 6.45) is 5.51. The maximum atomic E-state index is 11.9. The number of fused-ring (bicyclic) bond motifs is 1. The standard InChI is InChI=1S/C13H19N5O/c1-2-18-9-11(7-15-18)8-16-5-6-17-4-3-14-13(19)12(17)10-16/h2,7,9,12H,1,3-6,8,10H2,(H,14,19). The number of nitrogens with one attached hydrogen (secondary N) is 1. The fraction of sp³-hybridized carbons (Fsp3) is 0.538. The van der Waals surface area contributed by atoms with Gasteiger partial charge in [0.1, 0.15) is 6.04 Å². The number of hydrogen-bond acceptors (Lipinski definition) is 4. The van der Waals surface area contributed by atoms with Gasteiger partial charge in [-0.15, -0.1) is 0 Å². The highest BCUT2D eigenvalue weighted by Gasteiger charge is 2.34. The van der Waals surface area contributed by atoms with Crippen molar-refractivity contribution in [2.75, 3.05) is 32.7 Å². The zero-order valence-corrected chi connectivity index (χ0v) is 11.0. The molecule has 3 rings (SSSR count). The second-order valence-corrected chi connectivity index (χ2v) is 5.09. The number of carbonyl (C=O) groups is 1. The SMILES string of the molecule is C=Cn1cc(CN2CCN3CCNC(=O)C3C2)cn1. The molecule has 0 aromatic carbocycles. The molecule has 6 heteroatoms. The number of hydrogen-bond donors (Lipinski definition) is 1. The average molecular weight is 261 g/mol. The summed E-state index contributed by atoms with van der Waals surface area (Å²) < 4.78 is 1.71. The predicted molar refractivity (Wildman–Crippen MR) is 72.3 cm³/mol. The minimum Gasteiger partial charge on any atom is -0.353 e. The largest absolute Gasteiger partial charge is 0.353 e. The van der Waals surface area contributed by atoms with Gasteiger partial charge in [0.05, 0.1) is 6.20 Å². The van der Waals surface area contributed by atoms with Gasteiger partial charge in [0.2, 0.25) is 5.91 Å². The number of piperazine rings is 2. The van der Waals surface area contributed by atoms with Crippen molar-refractivity contribution in [2.45, 2.75) is 12.6 Å². The van der Waals surface area contributed by atoms with Crippen LogP contribution in [0.2, 0.25) is 0 Å². The van der Waals surface area contributed by atoms with Crippen LogP contribution < -0.4 is 5.32 Å². The monoisotopic (exact) mass is 261 g/mol. The molecular formula is C13H19N5O. The summed E-state index contributed by atoms with van der Waals surface area (Å²) in [4.78, 5) is 16.5. The summed E-state index contributed by atoms with van der Waals surface area (Å²) in [5.74, 6) is 0.165. The van der Waals surface area contributed by atoms with E-state index in [0.717, 1.165) is 44.8 Å². The number of nitrogens with zero attached hydrogens (tertiary/aromatic N) is 4. The van der Waals surface area contributed by atoms with Crippen LogP contribution >= 0.6 is 0 Å². The van der Waals surface area contributed by atoms with Crippen LogP contribution in [0, 0.1) is 0 Å². The minimum atomic E-state index is 0.0111. The Morgan fingerprint density at radius 3 is 3.16 bits per heavy atom. The Morgan fingerprint density at radius 1 is 1.47 bits per heavy atom. The molecule has 1 aromatic heterocycles. The van der Waals surface area contributed by atoms with Gasteiger partial charge in [-0.3, -0.25) is 14.6 Å². The topological polar surface area (TPSA) is 53.4 Å². The molecule has 1 aromatic rings. The molecule has 1 amide bonds. The Balaban J connectivity index is 1.63. The van der Waals surface area contributed by atoms with Crippen LogP contribution in [0.15, 0.2) is 19.0 Å². The molecule has 1 unspecified atom stereocenters. The van der Waals surface area contributed by atoms with Gasteiger partial charge in [-0.05, 0) is 0 Å². The van der Waals surface area contributed by atoms with Crippen molar-refractivity contribution in [3.8, 4) is 0 Å². The molecule has 0 radical (unpaired) electrons. The van der Waals surface area contributed by atoms with Gasteiger partial charge < -0.3 is 5.32 Å². The maximum Gasteiger partial charge on any atom is 0.238 e. The molecule has 0 saturated carbocycles. The first-order chi connectivity index (χ1) is 9.26. The molecule has 0 bridgehead atoms. The van der Waals surface area contributed by atoms with Crippen LogP contribution in [0.5, 0.6) is 0 Å². The van der Waals surface area contributed by atoms with Crippen molar-refractivity contribution >= 4 is 12.1 Å². The second-order valence-electron chi connectivity index (χ2n) is 5.09. The smallest absolute Gasteiger partial charge is 0.238 e. The van der Waals surface area contributed by atoms with E-state index in [9.17, 15) is 4.79 Å². The second kappa shape index (κ2) is 5.14. The van der Waals surface area contributed by atoms with Crippen molar-refractivity contribution in [3.63, 3.8) is 0 Å². The van der Waals surface area contributed by atoms with Gasteiger partial charge in [-0.1, -0.05) is 6.58 Å². The lowest BCUT2D eigenvalue weighted by Crippen LogP contribution is -2.63. The number of rotatable bonds is 3. The third-order valence-electron chi connectivity index (χ3n) is 3.82. The number of amides is 1. The first-order valence-electron chi connectivity index (χ1n) is 6.66. The Labute approximate surface area is 112 Å². The number of carbonyl (C=O) groups excluding carboxylic acids is 1. The van der Waals surface area contributed by atoms with Gasteiger partial charge in [0, 0.05) is 57.2 Å². The summed E-state index contributed by atoms with van der Waals surface area (Å²) in [5.41, 5.74) is 1.16. The fourth-order valence-corrected chi connectivity index (χ4v) is 2.79. The molecule has 0 spiro atoms. The Bertz CT molecular complexity index is 483. The Morgan fingerprint density at radius 2 is 2.37 bits per heavy atom. The summed E-state index contributed by atoms with van der Waals surface area (Å²) in [5, 5.41) is 7.12. The zero-order chi connectivity index (χ0) is 13.2. The summed E-state index contributed by atoms with van der Waals surface area (Å²) in [6, 6.07) is 0.0111. The van der Waals surface area contributed by atoms with Gasteiger partial charge in [-0.2, -0.15) is 5.10 Å². The van der Waals surface area contributed by atoms with E-state index in [2.05, 4.69) is 26.8 Å². The summed E-state index contributed by atoms with van der Waals surface area (Å²) in [6.45, 7) is 9.04. The fourth-order valence-electron chi connectivity index (χ4n) is 2.79. The molecule has 3 heterocycles. The van der Waals surface area contributed by atoms with E-state index in [0.29, 0.717) is 0 Å². The molecule has 2 fully saturated rings. The van der Waals surface area contributed by atoms with E-state index in [4.69, 9.17) is 0 Å². The molecular weight excluding hydrogens is 242 g/mol. The maximum absolute atomic E-state index is 11.9. The minimum absolute atomic E-state index is 0.0111. The van der Waals surface area contributed by atoms with Crippen LogP contribution in [0.1, 0.15) is 5.56 Å². The quantitative estimate of drug-likeness (QED) is 0.804. The average Bonchev–Trinajstić information content (AvgIpc) is 2.87. The van der Waals surface area contributed by atoms with Crippen LogP contribution in [0.4, 0.5) is 0 Å². The van der Waals surface area contributed by atoms with E-state index in [-0.39, 0.29) is 11.9 Å². The summed E-state index contributed by atoms with van der Waals surface area (Å²) in [7, 11) is 0. The van der Waals surface area contributed by atoms with Crippen molar-refractivity contribution in [2.24, 2.45) is 0 Å². The molecule has 102 valence electrons. The lowest BCUT2D eigenvalue weighted by Gasteiger charge is -2.42. The zero-order valence-electron chi connectivity index (χ0n) is 11.0. The van der Waals surface area contributed by atoms with Crippen molar-refractivity contribution in [1.29, 1.82) is 0 Å². The molecule has 1 N–H and O–H groups in total. The van der Waals surface area contributed by atoms with E-state index >= 15 is 0 Å². The van der Waals surface area contributed by atoms with E-state index < -0.39 is 0 Å².